The monoisotopic (exact) mass is 446 g/mol. The van der Waals surface area contributed by atoms with E-state index in [1.807, 2.05) is 0 Å². The number of carbonyl (C=O) groups is 6. The van der Waals surface area contributed by atoms with Crippen LogP contribution in [0.15, 0.2) is 0 Å². The van der Waals surface area contributed by atoms with Crippen LogP contribution in [0.5, 0.6) is 0 Å². The van der Waals surface area contributed by atoms with E-state index in [2.05, 4.69) is 9.47 Å². The van der Waals surface area contributed by atoms with Crippen LogP contribution in [-0.2, 0) is 38.2 Å². The van der Waals surface area contributed by atoms with Gasteiger partial charge in [-0.1, -0.05) is 0 Å². The van der Waals surface area contributed by atoms with Gasteiger partial charge in [0.25, 0.3) is 0 Å². The smallest absolute Gasteiger partial charge is 1.00 e. The van der Waals surface area contributed by atoms with Gasteiger partial charge in [-0.3, -0.25) is 14.4 Å². The van der Waals surface area contributed by atoms with Crippen LogP contribution in [0.4, 0.5) is 0 Å². The van der Waals surface area contributed by atoms with Crippen molar-refractivity contribution in [2.45, 2.75) is 37.6 Å². The molecule has 5 N–H and O–H groups in total. The average molecular weight is 446 g/mol. The Bertz CT molecular complexity index is 586. The van der Waals surface area contributed by atoms with E-state index in [4.69, 9.17) is 20.4 Å². The zero-order chi connectivity index (χ0) is 19.7. The number of aliphatic hydroxyl groups is 3. The van der Waals surface area contributed by atoms with E-state index in [1.165, 1.54) is 0 Å². The van der Waals surface area contributed by atoms with Crippen molar-refractivity contribution in [2.24, 2.45) is 0 Å². The van der Waals surface area contributed by atoms with Gasteiger partial charge < -0.3 is 37.9 Å². The van der Waals surface area contributed by atoms with E-state index >= 15 is 0 Å². The summed E-state index contributed by atoms with van der Waals surface area (Å²) in [5, 5.41) is 44.1. The zero-order valence-electron chi connectivity index (χ0n) is 16.4. The second kappa shape index (κ2) is 16.2. The van der Waals surface area contributed by atoms with E-state index in [1.54, 1.807) is 0 Å². The molecule has 0 fully saturated rings. The SMILES string of the molecule is O=C(O)C[C@H](O)C(=O)OC(=O)CC(O)C(=O)OC(=O)[C@@H](O)CC(=O)O.[H-].[H-].[K+].[K+]. The second-order valence-corrected chi connectivity index (χ2v) is 4.48. The first-order valence-electron chi connectivity index (χ1n) is 6.41. The molecule has 27 heavy (non-hydrogen) atoms. The van der Waals surface area contributed by atoms with Crippen molar-refractivity contribution in [1.82, 2.24) is 0 Å². The third-order valence-electron chi connectivity index (χ3n) is 2.33. The quantitative estimate of drug-likeness (QED) is 0.126. The summed E-state index contributed by atoms with van der Waals surface area (Å²) in [6.07, 6.45) is -9.97. The number of aliphatic carboxylic acids is 2. The number of esters is 4. The number of carboxylic acids is 2. The van der Waals surface area contributed by atoms with Gasteiger partial charge in [-0.05, 0) is 0 Å². The van der Waals surface area contributed by atoms with Crippen molar-refractivity contribution < 1.29 is 169 Å². The summed E-state index contributed by atoms with van der Waals surface area (Å²) < 4.78 is 7.89. The molecule has 0 rings (SSSR count). The molecule has 0 heterocycles. The molecule has 144 valence electrons. The summed E-state index contributed by atoms with van der Waals surface area (Å²) in [4.78, 5) is 65.3. The molecule has 3 atom stereocenters. The minimum atomic E-state index is -2.31. The normalized spacial score (nSPS) is 12.9. The summed E-state index contributed by atoms with van der Waals surface area (Å²) >= 11 is 0. The van der Waals surface area contributed by atoms with Crippen LogP contribution >= 0.6 is 0 Å². The summed E-state index contributed by atoms with van der Waals surface area (Å²) in [6, 6.07) is 0. The number of aliphatic hydroxyl groups excluding tert-OH is 3. The molecule has 0 aromatic carbocycles. The standard InChI is InChI=1S/C12H14O13.2K.2H/c13-4(1-7(16)17)10(21)24-9(20)3-6(15)12(23)25-11(22)5(14)2-8(18)19;;;;/h4-6,13-15H,1-3H2,(H,16,17)(H,18,19);;;;/q;2*+1;2*-1/t4-,5-,6?;;;;/m0..../s1. The largest absolute Gasteiger partial charge is 1.00 e. The number of hydrogen-bond donors (Lipinski definition) is 5. The maximum absolute atomic E-state index is 11.3. The van der Waals surface area contributed by atoms with Crippen molar-refractivity contribution >= 4 is 35.8 Å². The Morgan fingerprint density at radius 2 is 0.926 bits per heavy atom. The van der Waals surface area contributed by atoms with Gasteiger partial charge in [0.2, 0.25) is 0 Å². The van der Waals surface area contributed by atoms with Gasteiger partial charge in [0, 0.05) is 0 Å². The number of carboxylic acid groups (broad SMARTS) is 2. The molecule has 0 bridgehead atoms. The van der Waals surface area contributed by atoms with Gasteiger partial charge in [0.1, 0.15) is 0 Å². The molecule has 0 aliphatic carbocycles. The third kappa shape index (κ3) is 14.9. The number of rotatable bonds is 9. The Balaban J connectivity index is -0.000000480. The molecule has 0 saturated heterocycles. The molecular formula is C12H16K2O13. The predicted octanol–water partition coefficient (Wildman–Crippen LogP) is -9.22. The van der Waals surface area contributed by atoms with Crippen LogP contribution in [0.25, 0.3) is 0 Å². The molecule has 0 aliphatic heterocycles. The molecule has 15 heteroatoms. The van der Waals surface area contributed by atoms with Gasteiger partial charge in [-0.15, -0.1) is 0 Å². The van der Waals surface area contributed by atoms with Gasteiger partial charge in [0.05, 0.1) is 19.3 Å². The third-order valence-corrected chi connectivity index (χ3v) is 2.33. The van der Waals surface area contributed by atoms with E-state index in [0.717, 1.165) is 0 Å². The van der Waals surface area contributed by atoms with Gasteiger partial charge >= 0.3 is 139 Å². The fraction of sp³-hybridized carbons (Fsp3) is 0.500. The molecule has 0 spiro atoms. The fourth-order valence-electron chi connectivity index (χ4n) is 1.20. The maximum Gasteiger partial charge on any atom is 1.00 e. The van der Waals surface area contributed by atoms with Crippen molar-refractivity contribution in [1.29, 1.82) is 0 Å². The van der Waals surface area contributed by atoms with Crippen LogP contribution in [0.2, 0.25) is 0 Å². The Labute approximate surface area is 239 Å². The Hall–Kier alpha value is 0.373. The van der Waals surface area contributed by atoms with Crippen LogP contribution in [-0.4, -0.2) is 79.7 Å². The Morgan fingerprint density at radius 3 is 1.26 bits per heavy atom. The molecule has 0 aliphatic rings. The summed E-state index contributed by atoms with van der Waals surface area (Å²) in [6.45, 7) is 0. The zero-order valence-corrected chi connectivity index (χ0v) is 20.6. The summed E-state index contributed by atoms with van der Waals surface area (Å²) in [7, 11) is 0. The minimum absolute atomic E-state index is 0. The van der Waals surface area contributed by atoms with Gasteiger partial charge in [0.15, 0.2) is 18.3 Å². The molecule has 0 saturated carbocycles. The second-order valence-electron chi connectivity index (χ2n) is 4.48. The van der Waals surface area contributed by atoms with Gasteiger partial charge in [-0.2, -0.15) is 0 Å². The van der Waals surface area contributed by atoms with Crippen molar-refractivity contribution in [2.75, 3.05) is 0 Å². The van der Waals surface area contributed by atoms with Crippen molar-refractivity contribution in [3.8, 4) is 0 Å². The van der Waals surface area contributed by atoms with E-state index in [9.17, 15) is 33.9 Å². The van der Waals surface area contributed by atoms with E-state index in [0.29, 0.717) is 0 Å². The fourth-order valence-corrected chi connectivity index (χ4v) is 1.20. The van der Waals surface area contributed by atoms with Gasteiger partial charge in [-0.25, -0.2) is 14.4 Å². The molecule has 0 aromatic heterocycles. The predicted molar refractivity (Wildman–Crippen MR) is 71.6 cm³/mol. The first kappa shape index (κ1) is 32.0. The van der Waals surface area contributed by atoms with Crippen LogP contribution < -0.4 is 103 Å². The average Bonchev–Trinajstić information content (AvgIpc) is 2.45. The number of carbonyl (C=O) groups excluding carboxylic acids is 4. The Kier molecular flexibility index (Phi) is 19.2. The first-order chi connectivity index (χ1) is 11.4. The van der Waals surface area contributed by atoms with E-state index in [-0.39, 0.29) is 106 Å². The molecule has 0 radical (unpaired) electrons. The summed E-state index contributed by atoms with van der Waals surface area (Å²) in [5.41, 5.74) is 0. The van der Waals surface area contributed by atoms with E-state index < -0.39 is 73.4 Å². The molecular weight excluding hydrogens is 430 g/mol. The Morgan fingerprint density at radius 1 is 0.630 bits per heavy atom. The molecule has 0 aromatic rings. The van der Waals surface area contributed by atoms with Crippen LogP contribution in [0.3, 0.4) is 0 Å². The van der Waals surface area contributed by atoms with Crippen molar-refractivity contribution in [3.05, 3.63) is 0 Å². The summed E-state index contributed by atoms with van der Waals surface area (Å²) in [5.74, 6) is -9.73. The molecule has 1 unspecified atom stereocenters. The maximum atomic E-state index is 11.3. The number of hydrogen-bond acceptors (Lipinski definition) is 11. The first-order valence-corrected chi connectivity index (χ1v) is 6.41. The topological polar surface area (TPSA) is 222 Å². The molecule has 13 nitrogen and oxygen atoms in total. The van der Waals surface area contributed by atoms with Crippen LogP contribution in [0.1, 0.15) is 22.1 Å². The van der Waals surface area contributed by atoms with Crippen LogP contribution in [0, 0.1) is 0 Å². The minimum Gasteiger partial charge on any atom is -1.00 e. The van der Waals surface area contributed by atoms with Crippen molar-refractivity contribution in [3.63, 3.8) is 0 Å². The molecule has 0 amide bonds. The number of ether oxygens (including phenoxy) is 2.